The average Bonchev–Trinajstić information content (AvgIpc) is 3.02. The topological polar surface area (TPSA) is 57.0 Å². The fourth-order valence-corrected chi connectivity index (χ4v) is 3.35. The van der Waals surface area contributed by atoms with E-state index >= 15 is 0 Å². The zero-order chi connectivity index (χ0) is 17.8. The van der Waals surface area contributed by atoms with Crippen molar-refractivity contribution in [2.75, 3.05) is 7.11 Å². The summed E-state index contributed by atoms with van der Waals surface area (Å²) in [6, 6.07) is 17.0. The molecule has 6 heteroatoms. The van der Waals surface area contributed by atoms with Crippen molar-refractivity contribution in [1.82, 2.24) is 14.8 Å². The number of rotatable bonds is 6. The Morgan fingerprint density at radius 1 is 1.08 bits per heavy atom. The molecule has 0 radical (unpaired) electrons. The normalized spacial score (nSPS) is 12.0. The van der Waals surface area contributed by atoms with Gasteiger partial charge in [-0.1, -0.05) is 42.1 Å². The number of carbonyl (C=O) groups excluding carboxylic acids is 1. The fourth-order valence-electron chi connectivity index (χ4n) is 2.46. The molecule has 0 saturated carbocycles. The average molecular weight is 353 g/mol. The van der Waals surface area contributed by atoms with Gasteiger partial charge in [0.05, 0.1) is 12.4 Å². The van der Waals surface area contributed by atoms with Crippen LogP contribution in [0.4, 0.5) is 0 Å². The molecular weight excluding hydrogens is 334 g/mol. The predicted octanol–water partition coefficient (Wildman–Crippen LogP) is 3.85. The highest BCUT2D eigenvalue weighted by Crippen LogP contribution is 2.27. The smallest absolute Gasteiger partial charge is 0.191 e. The Kier molecular flexibility index (Phi) is 5.19. The second-order valence-electron chi connectivity index (χ2n) is 5.58. The lowest BCUT2D eigenvalue weighted by Gasteiger charge is -2.10. The molecule has 0 spiro atoms. The van der Waals surface area contributed by atoms with Crippen molar-refractivity contribution in [2.24, 2.45) is 7.05 Å². The Morgan fingerprint density at radius 2 is 1.76 bits per heavy atom. The Labute approximate surface area is 151 Å². The van der Waals surface area contributed by atoms with Gasteiger partial charge in [0.15, 0.2) is 16.8 Å². The number of methoxy groups -OCH3 is 1. The molecule has 25 heavy (non-hydrogen) atoms. The predicted molar refractivity (Wildman–Crippen MR) is 99.1 cm³/mol. The maximum atomic E-state index is 12.6. The molecule has 0 saturated heterocycles. The van der Waals surface area contributed by atoms with E-state index in [1.165, 1.54) is 11.8 Å². The third kappa shape index (κ3) is 3.74. The van der Waals surface area contributed by atoms with Gasteiger partial charge in [0, 0.05) is 18.2 Å². The van der Waals surface area contributed by atoms with E-state index < -0.39 is 0 Å². The van der Waals surface area contributed by atoms with Gasteiger partial charge < -0.3 is 9.30 Å². The van der Waals surface area contributed by atoms with E-state index in [4.69, 9.17) is 4.74 Å². The summed E-state index contributed by atoms with van der Waals surface area (Å²) in [4.78, 5) is 12.6. The lowest BCUT2D eigenvalue weighted by atomic mass is 10.1. The monoisotopic (exact) mass is 353 g/mol. The minimum Gasteiger partial charge on any atom is -0.497 e. The summed E-state index contributed by atoms with van der Waals surface area (Å²) in [7, 11) is 3.52. The van der Waals surface area contributed by atoms with E-state index in [9.17, 15) is 4.79 Å². The SMILES string of the molecule is COc1ccc(C(=O)[C@@H](C)Sc2nnc(-c3ccccc3)n2C)cc1. The van der Waals surface area contributed by atoms with Crippen LogP contribution in [-0.4, -0.2) is 32.9 Å². The molecule has 0 aliphatic rings. The molecule has 3 aromatic rings. The van der Waals surface area contributed by atoms with Gasteiger partial charge >= 0.3 is 0 Å². The number of ketones is 1. The molecule has 0 N–H and O–H groups in total. The van der Waals surface area contributed by atoms with Crippen molar-refractivity contribution in [1.29, 1.82) is 0 Å². The molecule has 128 valence electrons. The number of hydrogen-bond donors (Lipinski definition) is 0. The summed E-state index contributed by atoms with van der Waals surface area (Å²) < 4.78 is 7.04. The first-order chi connectivity index (χ1) is 12.1. The Hall–Kier alpha value is -2.60. The summed E-state index contributed by atoms with van der Waals surface area (Å²) in [5.41, 5.74) is 1.66. The van der Waals surface area contributed by atoms with Gasteiger partial charge in [-0.25, -0.2) is 0 Å². The molecule has 0 amide bonds. The van der Waals surface area contributed by atoms with Crippen LogP contribution in [0.15, 0.2) is 59.8 Å². The highest BCUT2D eigenvalue weighted by Gasteiger charge is 2.20. The number of nitrogens with zero attached hydrogens (tertiary/aromatic N) is 3. The molecule has 0 fully saturated rings. The van der Waals surface area contributed by atoms with E-state index in [0.717, 1.165) is 17.1 Å². The van der Waals surface area contributed by atoms with E-state index in [1.54, 1.807) is 31.4 Å². The van der Waals surface area contributed by atoms with Crippen molar-refractivity contribution in [2.45, 2.75) is 17.3 Å². The van der Waals surface area contributed by atoms with E-state index in [2.05, 4.69) is 10.2 Å². The standard InChI is InChI=1S/C19H19N3O2S/c1-13(17(23)14-9-11-16(24-3)12-10-14)25-19-21-20-18(22(19)2)15-7-5-4-6-8-15/h4-13H,1-3H3/t13-/m1/s1. The fraction of sp³-hybridized carbons (Fsp3) is 0.211. The van der Waals surface area contributed by atoms with Gasteiger partial charge in [-0.05, 0) is 31.2 Å². The molecule has 5 nitrogen and oxygen atoms in total. The van der Waals surface area contributed by atoms with Crippen LogP contribution < -0.4 is 4.74 Å². The summed E-state index contributed by atoms with van der Waals surface area (Å²) in [6.45, 7) is 1.88. The first-order valence-corrected chi connectivity index (χ1v) is 8.78. The first-order valence-electron chi connectivity index (χ1n) is 7.90. The summed E-state index contributed by atoms with van der Waals surface area (Å²) in [6.07, 6.45) is 0. The van der Waals surface area contributed by atoms with Crippen molar-refractivity contribution >= 4 is 17.5 Å². The minimum absolute atomic E-state index is 0.0527. The minimum atomic E-state index is -0.264. The third-order valence-corrected chi connectivity index (χ3v) is 5.03. The quantitative estimate of drug-likeness (QED) is 0.498. The third-order valence-electron chi connectivity index (χ3n) is 3.89. The van der Waals surface area contributed by atoms with Crippen LogP contribution in [0.2, 0.25) is 0 Å². The highest BCUT2D eigenvalue weighted by atomic mass is 32.2. The zero-order valence-corrected chi connectivity index (χ0v) is 15.2. The molecule has 3 rings (SSSR count). The van der Waals surface area contributed by atoms with Crippen LogP contribution in [0.3, 0.4) is 0 Å². The van der Waals surface area contributed by atoms with E-state index in [1.807, 2.05) is 48.9 Å². The lowest BCUT2D eigenvalue weighted by molar-refractivity contribution is 0.0994. The number of benzene rings is 2. The van der Waals surface area contributed by atoms with Gasteiger partial charge in [0.2, 0.25) is 0 Å². The first kappa shape index (κ1) is 17.2. The number of Topliss-reactive ketones (excluding diaryl/α,β-unsaturated/α-hetero) is 1. The van der Waals surface area contributed by atoms with Crippen molar-refractivity contribution < 1.29 is 9.53 Å². The Balaban J connectivity index is 1.75. The van der Waals surface area contributed by atoms with Crippen LogP contribution in [-0.2, 0) is 7.05 Å². The van der Waals surface area contributed by atoms with E-state index in [0.29, 0.717) is 10.7 Å². The van der Waals surface area contributed by atoms with Crippen molar-refractivity contribution in [3.63, 3.8) is 0 Å². The molecule has 0 aliphatic carbocycles. The molecule has 1 aromatic heterocycles. The van der Waals surface area contributed by atoms with Gasteiger partial charge in [-0.3, -0.25) is 4.79 Å². The molecule has 1 atom stereocenters. The van der Waals surface area contributed by atoms with Crippen LogP contribution >= 0.6 is 11.8 Å². The zero-order valence-electron chi connectivity index (χ0n) is 14.3. The van der Waals surface area contributed by atoms with Crippen LogP contribution in [0, 0.1) is 0 Å². The summed E-state index contributed by atoms with van der Waals surface area (Å²) in [5, 5.41) is 8.95. The molecule has 0 bridgehead atoms. The van der Waals surface area contributed by atoms with Gasteiger partial charge in [0.1, 0.15) is 5.75 Å². The van der Waals surface area contributed by atoms with Crippen molar-refractivity contribution in [3.8, 4) is 17.1 Å². The Morgan fingerprint density at radius 3 is 2.40 bits per heavy atom. The van der Waals surface area contributed by atoms with Gasteiger partial charge in [-0.15, -0.1) is 10.2 Å². The van der Waals surface area contributed by atoms with Crippen LogP contribution in [0.5, 0.6) is 5.75 Å². The molecule has 0 unspecified atom stereocenters. The Bertz CT molecular complexity index is 860. The maximum Gasteiger partial charge on any atom is 0.191 e. The number of carbonyl (C=O) groups is 1. The maximum absolute atomic E-state index is 12.6. The van der Waals surface area contributed by atoms with Crippen LogP contribution in [0.1, 0.15) is 17.3 Å². The van der Waals surface area contributed by atoms with E-state index in [-0.39, 0.29) is 11.0 Å². The molecular formula is C19H19N3O2S. The molecule has 1 heterocycles. The highest BCUT2D eigenvalue weighted by molar-refractivity contribution is 8.00. The van der Waals surface area contributed by atoms with Gasteiger partial charge in [0.25, 0.3) is 0 Å². The van der Waals surface area contributed by atoms with Crippen molar-refractivity contribution in [3.05, 3.63) is 60.2 Å². The molecule has 0 aliphatic heterocycles. The largest absolute Gasteiger partial charge is 0.497 e. The number of ether oxygens (including phenoxy) is 1. The number of hydrogen-bond acceptors (Lipinski definition) is 5. The van der Waals surface area contributed by atoms with Crippen LogP contribution in [0.25, 0.3) is 11.4 Å². The second-order valence-corrected chi connectivity index (χ2v) is 6.89. The lowest BCUT2D eigenvalue weighted by Crippen LogP contribution is -2.14. The number of aromatic nitrogens is 3. The summed E-state index contributed by atoms with van der Waals surface area (Å²) >= 11 is 1.41. The second kappa shape index (κ2) is 7.53. The number of thioether (sulfide) groups is 1. The molecule has 2 aromatic carbocycles. The summed E-state index contributed by atoms with van der Waals surface area (Å²) in [5.74, 6) is 1.57. The van der Waals surface area contributed by atoms with Gasteiger partial charge in [-0.2, -0.15) is 0 Å².